The predicted octanol–water partition coefficient (Wildman–Crippen LogP) is 8.58. The van der Waals surface area contributed by atoms with Crippen LogP contribution in [0.2, 0.25) is 0 Å². The molecule has 6 heteroatoms. The van der Waals surface area contributed by atoms with Gasteiger partial charge < -0.3 is 15.0 Å². The van der Waals surface area contributed by atoms with Crippen molar-refractivity contribution >= 4 is 33.0 Å². The number of nitrogens with zero attached hydrogens (tertiary/aromatic N) is 3. The molecule has 0 amide bonds. The Morgan fingerprint density at radius 2 is 1.10 bits per heavy atom. The summed E-state index contributed by atoms with van der Waals surface area (Å²) in [7, 11) is 0. The SMILES string of the molecule is CC(C)(C)c1c[nH]c2cccnc12.CC(C)(C)c1c[nH]c2ccncc12.CC(C)(C)c1c[nH]c2ncccc12. The second kappa shape index (κ2) is 10.7. The van der Waals surface area contributed by atoms with Gasteiger partial charge in [0.1, 0.15) is 5.65 Å². The number of H-pyrrole nitrogens is 3. The molecule has 6 aromatic heterocycles. The topological polar surface area (TPSA) is 86.0 Å². The first kappa shape index (κ1) is 28.1. The first-order chi connectivity index (χ1) is 18.3. The van der Waals surface area contributed by atoms with Crippen LogP contribution in [0.1, 0.15) is 79.0 Å². The van der Waals surface area contributed by atoms with Crippen LogP contribution in [0.4, 0.5) is 0 Å². The highest BCUT2D eigenvalue weighted by Crippen LogP contribution is 2.30. The van der Waals surface area contributed by atoms with Crippen molar-refractivity contribution in [3.8, 4) is 0 Å². The number of fused-ring (bicyclic) bond motifs is 3. The van der Waals surface area contributed by atoms with E-state index >= 15 is 0 Å². The van der Waals surface area contributed by atoms with Crippen molar-refractivity contribution in [1.82, 2.24) is 29.9 Å². The van der Waals surface area contributed by atoms with Crippen molar-refractivity contribution in [3.05, 3.63) is 90.4 Å². The lowest BCUT2D eigenvalue weighted by molar-refractivity contribution is 0.594. The largest absolute Gasteiger partial charge is 0.361 e. The van der Waals surface area contributed by atoms with Gasteiger partial charge in [0.2, 0.25) is 0 Å². The molecule has 0 aromatic carbocycles. The Morgan fingerprint density at radius 1 is 0.538 bits per heavy atom. The van der Waals surface area contributed by atoms with E-state index in [0.717, 1.165) is 16.7 Å². The molecule has 0 aliphatic carbocycles. The second-order valence-corrected chi connectivity index (χ2v) is 13.1. The van der Waals surface area contributed by atoms with Gasteiger partial charge >= 0.3 is 0 Å². The van der Waals surface area contributed by atoms with E-state index < -0.39 is 0 Å². The van der Waals surface area contributed by atoms with Crippen LogP contribution in [0.5, 0.6) is 0 Å². The molecular formula is C33H42N6. The van der Waals surface area contributed by atoms with Crippen LogP contribution >= 0.6 is 0 Å². The summed E-state index contributed by atoms with van der Waals surface area (Å²) in [5.41, 5.74) is 8.82. The minimum absolute atomic E-state index is 0.159. The number of aromatic amines is 3. The Hall–Kier alpha value is -3.93. The molecule has 0 bridgehead atoms. The molecule has 204 valence electrons. The number of nitrogens with one attached hydrogen (secondary N) is 3. The van der Waals surface area contributed by atoms with Gasteiger partial charge in [0.05, 0.1) is 11.0 Å². The van der Waals surface area contributed by atoms with E-state index in [4.69, 9.17) is 0 Å². The molecular weight excluding hydrogens is 480 g/mol. The molecule has 6 heterocycles. The molecule has 0 saturated carbocycles. The zero-order valence-corrected chi connectivity index (χ0v) is 24.8. The van der Waals surface area contributed by atoms with E-state index in [-0.39, 0.29) is 16.2 Å². The number of hydrogen-bond acceptors (Lipinski definition) is 3. The van der Waals surface area contributed by atoms with Gasteiger partial charge in [-0.15, -0.1) is 0 Å². The van der Waals surface area contributed by atoms with Gasteiger partial charge in [-0.3, -0.25) is 9.97 Å². The minimum Gasteiger partial charge on any atom is -0.361 e. The Bertz CT molecular complexity index is 1460. The summed E-state index contributed by atoms with van der Waals surface area (Å²) in [4.78, 5) is 22.4. The summed E-state index contributed by atoms with van der Waals surface area (Å²) < 4.78 is 0. The Kier molecular flexibility index (Phi) is 7.69. The third kappa shape index (κ3) is 6.39. The number of aromatic nitrogens is 6. The van der Waals surface area contributed by atoms with Crippen molar-refractivity contribution in [1.29, 1.82) is 0 Å². The Labute approximate surface area is 231 Å². The zero-order valence-electron chi connectivity index (χ0n) is 24.8. The van der Waals surface area contributed by atoms with Crippen LogP contribution < -0.4 is 0 Å². The lowest BCUT2D eigenvalue weighted by atomic mass is 9.87. The van der Waals surface area contributed by atoms with Gasteiger partial charge in [-0.05, 0) is 57.7 Å². The van der Waals surface area contributed by atoms with Crippen LogP contribution in [-0.4, -0.2) is 29.9 Å². The number of hydrogen-bond donors (Lipinski definition) is 3. The van der Waals surface area contributed by atoms with Gasteiger partial charge in [0.25, 0.3) is 0 Å². The third-order valence-electron chi connectivity index (χ3n) is 6.79. The maximum Gasteiger partial charge on any atom is 0.137 e. The van der Waals surface area contributed by atoms with Crippen LogP contribution in [0, 0.1) is 0 Å². The van der Waals surface area contributed by atoms with Gasteiger partial charge in [-0.1, -0.05) is 62.3 Å². The lowest BCUT2D eigenvalue weighted by Crippen LogP contribution is -2.10. The second-order valence-electron chi connectivity index (χ2n) is 13.1. The Balaban J connectivity index is 0.000000136. The van der Waals surface area contributed by atoms with Crippen molar-refractivity contribution in [2.45, 2.75) is 78.6 Å². The molecule has 0 spiro atoms. The summed E-state index contributed by atoms with van der Waals surface area (Å²) in [5.74, 6) is 0. The first-order valence-electron chi connectivity index (χ1n) is 13.5. The van der Waals surface area contributed by atoms with Crippen LogP contribution in [-0.2, 0) is 16.2 Å². The molecule has 3 N–H and O–H groups in total. The molecule has 0 aliphatic heterocycles. The summed E-state index contributed by atoms with van der Waals surface area (Å²) in [6, 6.07) is 10.1. The quantitative estimate of drug-likeness (QED) is 0.187. The fourth-order valence-corrected chi connectivity index (χ4v) is 4.69. The summed E-state index contributed by atoms with van der Waals surface area (Å²) >= 11 is 0. The highest BCUT2D eigenvalue weighted by atomic mass is 14.8. The molecule has 39 heavy (non-hydrogen) atoms. The summed E-state index contributed by atoms with van der Waals surface area (Å²) in [6.07, 6.45) is 13.6. The highest BCUT2D eigenvalue weighted by molar-refractivity contribution is 5.83. The average Bonchev–Trinajstić information content (AvgIpc) is 3.60. The van der Waals surface area contributed by atoms with E-state index in [1.807, 2.05) is 43.0 Å². The molecule has 0 aliphatic rings. The number of rotatable bonds is 0. The van der Waals surface area contributed by atoms with Gasteiger partial charge in [0, 0.05) is 65.2 Å². The highest BCUT2D eigenvalue weighted by Gasteiger charge is 2.19. The summed E-state index contributed by atoms with van der Waals surface area (Å²) in [6.45, 7) is 19.9. The molecule has 6 aromatic rings. The molecule has 0 radical (unpaired) electrons. The maximum absolute atomic E-state index is 4.38. The van der Waals surface area contributed by atoms with Crippen LogP contribution in [0.25, 0.3) is 33.0 Å². The lowest BCUT2D eigenvalue weighted by Gasteiger charge is -2.16. The molecule has 0 unspecified atom stereocenters. The van der Waals surface area contributed by atoms with Gasteiger partial charge in [0.15, 0.2) is 0 Å². The third-order valence-corrected chi connectivity index (χ3v) is 6.79. The average molecular weight is 523 g/mol. The van der Waals surface area contributed by atoms with Crippen LogP contribution in [0.15, 0.2) is 73.7 Å². The fraction of sp³-hybridized carbons (Fsp3) is 0.364. The molecule has 0 saturated heterocycles. The Morgan fingerprint density at radius 3 is 1.79 bits per heavy atom. The first-order valence-corrected chi connectivity index (χ1v) is 13.5. The molecule has 6 nitrogen and oxygen atoms in total. The minimum atomic E-state index is 0.159. The molecule has 6 rings (SSSR count). The van der Waals surface area contributed by atoms with Crippen molar-refractivity contribution in [2.75, 3.05) is 0 Å². The van der Waals surface area contributed by atoms with E-state index in [1.54, 1.807) is 0 Å². The smallest absolute Gasteiger partial charge is 0.137 e. The van der Waals surface area contributed by atoms with Gasteiger partial charge in [-0.2, -0.15) is 0 Å². The van der Waals surface area contributed by atoms with Crippen LogP contribution in [0.3, 0.4) is 0 Å². The van der Waals surface area contributed by atoms with E-state index in [0.29, 0.717) is 0 Å². The fourth-order valence-electron chi connectivity index (χ4n) is 4.69. The molecule has 0 atom stereocenters. The van der Waals surface area contributed by atoms with Crippen molar-refractivity contribution < 1.29 is 0 Å². The maximum atomic E-state index is 4.38. The number of pyridine rings is 3. The van der Waals surface area contributed by atoms with Gasteiger partial charge in [-0.25, -0.2) is 4.98 Å². The molecule has 0 fully saturated rings. The van der Waals surface area contributed by atoms with E-state index in [9.17, 15) is 0 Å². The predicted molar refractivity (Wildman–Crippen MR) is 164 cm³/mol. The zero-order chi connectivity index (χ0) is 28.4. The van der Waals surface area contributed by atoms with E-state index in [2.05, 4.69) is 123 Å². The van der Waals surface area contributed by atoms with E-state index in [1.165, 1.54) is 33.0 Å². The normalized spacial score (nSPS) is 12.2. The van der Waals surface area contributed by atoms with Crippen molar-refractivity contribution in [3.63, 3.8) is 0 Å². The summed E-state index contributed by atoms with van der Waals surface area (Å²) in [5, 5.41) is 2.46. The monoisotopic (exact) mass is 522 g/mol. The van der Waals surface area contributed by atoms with Crippen molar-refractivity contribution in [2.24, 2.45) is 0 Å². The standard InChI is InChI=1S/3C11H14N2/c1-11(2,3)9-7-13-10-4-5-12-6-8(9)10;1-11(2,3)8-7-13-9-5-4-6-12-10(8)9;1-11(2,3)9-7-13-10-8(9)5-4-6-12-10/h2*4-7,13H,1-3H3;4-7H,1-3H3,(H,12,13).